The number of likely N-dealkylation sites (tertiary alicyclic amines) is 1. The van der Waals surface area contributed by atoms with Crippen LogP contribution in [0.3, 0.4) is 0 Å². The van der Waals surface area contributed by atoms with Crippen molar-refractivity contribution >= 4 is 28.5 Å². The molecule has 8 heteroatoms. The Kier molecular flexibility index (Phi) is 8.50. The summed E-state index contributed by atoms with van der Waals surface area (Å²) in [5, 5.41) is 7.04. The van der Waals surface area contributed by atoms with Gasteiger partial charge >= 0.3 is 0 Å². The number of carbonyl (C=O) groups is 1. The summed E-state index contributed by atoms with van der Waals surface area (Å²) >= 11 is 0. The molecule has 40 heavy (non-hydrogen) atoms. The molecule has 1 amide bonds. The van der Waals surface area contributed by atoms with E-state index in [4.69, 9.17) is 9.15 Å². The quantitative estimate of drug-likeness (QED) is 0.482. The lowest BCUT2D eigenvalue weighted by Gasteiger charge is -2.36. The zero-order chi connectivity index (χ0) is 28.4. The minimum absolute atomic E-state index is 0.167. The number of nitrogens with zero attached hydrogens (tertiary/aromatic N) is 2. The van der Waals surface area contributed by atoms with E-state index in [1.54, 1.807) is 0 Å². The molecule has 2 saturated heterocycles. The minimum atomic E-state index is -0.167. The molecule has 0 radical (unpaired) electrons. The van der Waals surface area contributed by atoms with E-state index >= 15 is 0 Å². The predicted molar refractivity (Wildman–Crippen MR) is 158 cm³/mol. The SMILES string of the molecule is CCN(c1cc2oc(C3CCN(C)CC3)cc2c(C(=O)NCC2=C(C)C=C(C)NC2=C=O)c1C)C1CCOCC1. The number of anilines is 1. The summed E-state index contributed by atoms with van der Waals surface area (Å²) in [4.78, 5) is 30.4. The van der Waals surface area contributed by atoms with Crippen LogP contribution >= 0.6 is 0 Å². The first-order valence-corrected chi connectivity index (χ1v) is 14.6. The normalized spacial score (nSPS) is 19.4. The second kappa shape index (κ2) is 12.0. The lowest BCUT2D eigenvalue weighted by atomic mass is 9.93. The number of ether oxygens (including phenoxy) is 1. The topological polar surface area (TPSA) is 87.1 Å². The molecule has 8 nitrogen and oxygen atoms in total. The molecule has 4 heterocycles. The first-order valence-electron chi connectivity index (χ1n) is 14.6. The van der Waals surface area contributed by atoms with Crippen molar-refractivity contribution in [3.05, 3.63) is 57.6 Å². The Morgan fingerprint density at radius 2 is 1.88 bits per heavy atom. The van der Waals surface area contributed by atoms with Crippen LogP contribution in [0.25, 0.3) is 11.0 Å². The molecule has 2 aromatic rings. The van der Waals surface area contributed by atoms with Gasteiger partial charge in [0.15, 0.2) is 5.94 Å². The van der Waals surface area contributed by atoms with Gasteiger partial charge in [-0.3, -0.25) is 4.79 Å². The van der Waals surface area contributed by atoms with Crippen molar-refractivity contribution in [2.45, 2.75) is 65.3 Å². The second-order valence-corrected chi connectivity index (χ2v) is 11.4. The maximum Gasteiger partial charge on any atom is 0.252 e. The van der Waals surface area contributed by atoms with Crippen molar-refractivity contribution in [1.29, 1.82) is 0 Å². The number of hydrogen-bond donors (Lipinski definition) is 2. The Balaban J connectivity index is 1.54. The van der Waals surface area contributed by atoms with Crippen molar-refractivity contribution in [3.8, 4) is 0 Å². The number of dihydropyridines is 1. The molecule has 0 saturated carbocycles. The first kappa shape index (κ1) is 28.2. The number of allylic oxidation sites excluding steroid dienone is 3. The third kappa shape index (κ3) is 5.62. The zero-order valence-corrected chi connectivity index (χ0v) is 24.5. The molecule has 5 rings (SSSR count). The molecule has 1 aromatic heterocycles. The average Bonchev–Trinajstić information content (AvgIpc) is 3.37. The summed E-state index contributed by atoms with van der Waals surface area (Å²) in [6.07, 6.45) is 5.98. The second-order valence-electron chi connectivity index (χ2n) is 11.4. The monoisotopic (exact) mass is 546 g/mol. The predicted octanol–water partition coefficient (Wildman–Crippen LogP) is 4.82. The van der Waals surface area contributed by atoms with E-state index in [0.29, 0.717) is 23.2 Å². The average molecular weight is 547 g/mol. The van der Waals surface area contributed by atoms with Crippen LogP contribution in [0.2, 0.25) is 0 Å². The Labute approximate surface area is 237 Å². The van der Waals surface area contributed by atoms with Crippen LogP contribution in [0.15, 0.2) is 45.2 Å². The molecule has 214 valence electrons. The molecular formula is C32H42N4O4. The van der Waals surface area contributed by atoms with E-state index in [1.807, 2.05) is 32.8 Å². The molecule has 1 aromatic carbocycles. The molecule has 2 fully saturated rings. The zero-order valence-electron chi connectivity index (χ0n) is 24.5. The van der Waals surface area contributed by atoms with E-state index in [2.05, 4.69) is 46.5 Å². The summed E-state index contributed by atoms with van der Waals surface area (Å²) in [5.41, 5.74) is 6.33. The first-order chi connectivity index (χ1) is 19.3. The van der Waals surface area contributed by atoms with Crippen LogP contribution in [0.1, 0.15) is 74.1 Å². The lowest BCUT2D eigenvalue weighted by Crippen LogP contribution is -2.40. The van der Waals surface area contributed by atoms with Gasteiger partial charge in [-0.15, -0.1) is 0 Å². The third-order valence-corrected chi connectivity index (χ3v) is 8.77. The highest BCUT2D eigenvalue weighted by Gasteiger charge is 2.29. The maximum atomic E-state index is 14.0. The Bertz CT molecular complexity index is 1380. The van der Waals surface area contributed by atoms with Gasteiger partial charge in [0.05, 0.1) is 5.56 Å². The van der Waals surface area contributed by atoms with Gasteiger partial charge < -0.3 is 29.6 Å². The van der Waals surface area contributed by atoms with Crippen LogP contribution in [-0.4, -0.2) is 69.2 Å². The smallest absolute Gasteiger partial charge is 0.252 e. The van der Waals surface area contributed by atoms with Crippen LogP contribution in [0, 0.1) is 6.92 Å². The fraction of sp³-hybridized carbons (Fsp3) is 0.531. The highest BCUT2D eigenvalue weighted by atomic mass is 16.5. The van der Waals surface area contributed by atoms with Crippen molar-refractivity contribution in [1.82, 2.24) is 15.5 Å². The van der Waals surface area contributed by atoms with Gasteiger partial charge in [0, 0.05) is 66.7 Å². The van der Waals surface area contributed by atoms with Gasteiger partial charge in [-0.2, -0.15) is 0 Å². The van der Waals surface area contributed by atoms with E-state index in [-0.39, 0.29) is 12.5 Å². The lowest BCUT2D eigenvalue weighted by molar-refractivity contribution is 0.0846. The number of furan rings is 1. The van der Waals surface area contributed by atoms with Crippen molar-refractivity contribution < 1.29 is 18.7 Å². The number of piperidine rings is 1. The Hall–Kier alpha value is -3.32. The largest absolute Gasteiger partial charge is 0.461 e. The Morgan fingerprint density at radius 1 is 1.15 bits per heavy atom. The van der Waals surface area contributed by atoms with Crippen LogP contribution in [-0.2, 0) is 9.53 Å². The number of rotatable bonds is 7. The number of benzene rings is 1. The van der Waals surface area contributed by atoms with Crippen LogP contribution in [0.4, 0.5) is 5.69 Å². The standard InChI is InChI=1S/C32H42N4O4/c1-6-36(24-9-13-39-14-10-24)28-17-30-25(16-29(40-30)23-7-11-35(5)12-8-23)31(22(28)4)32(38)33-18-26-20(2)15-21(3)34-27(26)19-37/h15-17,23-24,34H,6-14,18H2,1-5H3,(H,33,38). The van der Waals surface area contributed by atoms with Crippen molar-refractivity contribution in [3.63, 3.8) is 0 Å². The molecule has 0 atom stereocenters. The number of hydrogen-bond acceptors (Lipinski definition) is 7. The number of fused-ring (bicyclic) bond motifs is 1. The highest BCUT2D eigenvalue weighted by Crippen LogP contribution is 2.39. The van der Waals surface area contributed by atoms with Crippen molar-refractivity contribution in [2.75, 3.05) is 51.3 Å². The maximum absolute atomic E-state index is 14.0. The van der Waals surface area contributed by atoms with Crippen LogP contribution < -0.4 is 15.5 Å². The van der Waals surface area contributed by atoms with Gasteiger partial charge in [0.2, 0.25) is 0 Å². The summed E-state index contributed by atoms with van der Waals surface area (Å²) in [6, 6.07) is 4.58. The van der Waals surface area contributed by atoms with Gasteiger partial charge in [-0.1, -0.05) is 0 Å². The fourth-order valence-corrected chi connectivity index (χ4v) is 6.49. The molecular weight excluding hydrogens is 504 g/mol. The van der Waals surface area contributed by atoms with Gasteiger partial charge in [0.1, 0.15) is 17.0 Å². The Morgan fingerprint density at radius 3 is 2.55 bits per heavy atom. The van der Waals surface area contributed by atoms with E-state index in [0.717, 1.165) is 103 Å². The van der Waals surface area contributed by atoms with Gasteiger partial charge in [-0.25, -0.2) is 4.79 Å². The molecule has 0 bridgehead atoms. The fourth-order valence-electron chi connectivity index (χ4n) is 6.49. The molecule has 3 aliphatic heterocycles. The van der Waals surface area contributed by atoms with Crippen LogP contribution in [0.5, 0.6) is 0 Å². The van der Waals surface area contributed by atoms with Gasteiger partial charge in [-0.05, 0) is 96.8 Å². The molecule has 3 aliphatic rings. The van der Waals surface area contributed by atoms with Crippen molar-refractivity contribution in [2.24, 2.45) is 0 Å². The minimum Gasteiger partial charge on any atom is -0.461 e. The number of nitrogens with one attached hydrogen (secondary N) is 2. The summed E-state index contributed by atoms with van der Waals surface area (Å²) in [6.45, 7) is 12.7. The van der Waals surface area contributed by atoms with Gasteiger partial charge in [0.25, 0.3) is 5.91 Å². The summed E-state index contributed by atoms with van der Waals surface area (Å²) < 4.78 is 12.2. The number of carbonyl (C=O) groups excluding carboxylic acids is 2. The highest BCUT2D eigenvalue weighted by molar-refractivity contribution is 6.09. The van der Waals surface area contributed by atoms with E-state index in [9.17, 15) is 9.59 Å². The van der Waals surface area contributed by atoms with E-state index in [1.165, 1.54) is 0 Å². The summed E-state index contributed by atoms with van der Waals surface area (Å²) in [7, 11) is 2.16. The molecule has 0 unspecified atom stereocenters. The summed E-state index contributed by atoms with van der Waals surface area (Å²) in [5.74, 6) is 3.14. The molecule has 0 spiro atoms. The molecule has 0 aliphatic carbocycles. The third-order valence-electron chi connectivity index (χ3n) is 8.77. The molecule has 2 N–H and O–H groups in total. The van der Waals surface area contributed by atoms with E-state index < -0.39 is 0 Å². The number of amides is 1.